The molecule has 0 nitrogen and oxygen atoms in total. The van der Waals surface area contributed by atoms with Crippen molar-refractivity contribution >= 4 is 0 Å². The largest absolute Gasteiger partial charge is 0.0882 e. The van der Waals surface area contributed by atoms with Crippen molar-refractivity contribution in [2.24, 2.45) is 11.8 Å². The van der Waals surface area contributed by atoms with Gasteiger partial charge in [-0.1, -0.05) is 52.2 Å². The van der Waals surface area contributed by atoms with Crippen molar-refractivity contribution in [2.75, 3.05) is 0 Å². The van der Waals surface area contributed by atoms with E-state index in [-0.39, 0.29) is 0 Å². The summed E-state index contributed by atoms with van der Waals surface area (Å²) < 4.78 is 0. The molecule has 0 spiro atoms. The zero-order valence-electron chi connectivity index (χ0n) is 9.35. The second kappa shape index (κ2) is 6.28. The molecule has 0 fully saturated rings. The summed E-state index contributed by atoms with van der Waals surface area (Å²) in [6.45, 7) is 11.4. The van der Waals surface area contributed by atoms with Crippen LogP contribution in [0.5, 0.6) is 0 Å². The standard InChI is InChI=1S/C12H24/c1-6-9-12(8-3)11(5)10(4)7-2/h8,10-11H,6-7,9H2,1-5H3. The van der Waals surface area contributed by atoms with Crippen LogP contribution >= 0.6 is 0 Å². The summed E-state index contributed by atoms with van der Waals surface area (Å²) in [6.07, 6.45) is 6.16. The van der Waals surface area contributed by atoms with Gasteiger partial charge in [-0.2, -0.15) is 0 Å². The molecular formula is C12H24. The zero-order valence-corrected chi connectivity index (χ0v) is 9.35. The van der Waals surface area contributed by atoms with E-state index in [0.717, 1.165) is 11.8 Å². The number of hydrogen-bond acceptors (Lipinski definition) is 0. The Morgan fingerprint density at radius 3 is 2.17 bits per heavy atom. The maximum absolute atomic E-state index is 2.36. The van der Waals surface area contributed by atoms with Crippen LogP contribution in [-0.2, 0) is 0 Å². The van der Waals surface area contributed by atoms with E-state index in [4.69, 9.17) is 0 Å². The van der Waals surface area contributed by atoms with Gasteiger partial charge in [-0.3, -0.25) is 0 Å². The Labute approximate surface area is 78.1 Å². The second-order valence-electron chi connectivity index (χ2n) is 3.79. The fraction of sp³-hybridized carbons (Fsp3) is 0.833. The van der Waals surface area contributed by atoms with Crippen LogP contribution in [0.2, 0.25) is 0 Å². The molecule has 72 valence electrons. The van der Waals surface area contributed by atoms with Gasteiger partial charge in [-0.15, -0.1) is 0 Å². The first-order chi connectivity index (χ1) is 5.67. The Balaban J connectivity index is 4.12. The van der Waals surface area contributed by atoms with E-state index >= 15 is 0 Å². The highest BCUT2D eigenvalue weighted by Crippen LogP contribution is 2.25. The highest BCUT2D eigenvalue weighted by molar-refractivity contribution is 5.05. The van der Waals surface area contributed by atoms with E-state index in [9.17, 15) is 0 Å². The Morgan fingerprint density at radius 1 is 1.25 bits per heavy atom. The summed E-state index contributed by atoms with van der Waals surface area (Å²) in [5.41, 5.74) is 1.65. The predicted octanol–water partition coefficient (Wildman–Crippen LogP) is 4.42. The fourth-order valence-electron chi connectivity index (χ4n) is 1.64. The van der Waals surface area contributed by atoms with Crippen LogP contribution in [0.15, 0.2) is 11.6 Å². The van der Waals surface area contributed by atoms with Gasteiger partial charge >= 0.3 is 0 Å². The van der Waals surface area contributed by atoms with Crippen LogP contribution in [0, 0.1) is 11.8 Å². The Hall–Kier alpha value is -0.260. The normalized spacial score (nSPS) is 17.6. The second-order valence-corrected chi connectivity index (χ2v) is 3.79. The Morgan fingerprint density at radius 2 is 1.83 bits per heavy atom. The lowest BCUT2D eigenvalue weighted by atomic mass is 9.85. The molecule has 0 aromatic carbocycles. The third-order valence-electron chi connectivity index (χ3n) is 2.99. The Bertz CT molecular complexity index is 133. The van der Waals surface area contributed by atoms with Gasteiger partial charge < -0.3 is 0 Å². The molecule has 0 aliphatic rings. The minimum atomic E-state index is 0.778. The molecule has 0 bridgehead atoms. The molecule has 0 aliphatic carbocycles. The van der Waals surface area contributed by atoms with Crippen molar-refractivity contribution < 1.29 is 0 Å². The molecule has 12 heavy (non-hydrogen) atoms. The van der Waals surface area contributed by atoms with Gasteiger partial charge in [-0.05, 0) is 25.2 Å². The van der Waals surface area contributed by atoms with Gasteiger partial charge in [0.2, 0.25) is 0 Å². The van der Waals surface area contributed by atoms with E-state index in [1.807, 2.05) is 0 Å². The van der Waals surface area contributed by atoms with Gasteiger partial charge in [-0.25, -0.2) is 0 Å². The SMILES string of the molecule is CC=C(CCC)C(C)C(C)CC. The van der Waals surface area contributed by atoms with Crippen LogP contribution in [-0.4, -0.2) is 0 Å². The fourth-order valence-corrected chi connectivity index (χ4v) is 1.64. The van der Waals surface area contributed by atoms with Crippen molar-refractivity contribution in [1.29, 1.82) is 0 Å². The lowest BCUT2D eigenvalue weighted by Crippen LogP contribution is -2.09. The first-order valence-corrected chi connectivity index (χ1v) is 5.32. The monoisotopic (exact) mass is 168 g/mol. The lowest BCUT2D eigenvalue weighted by molar-refractivity contribution is 0.416. The third-order valence-corrected chi connectivity index (χ3v) is 2.99. The van der Waals surface area contributed by atoms with E-state index in [1.54, 1.807) is 5.57 Å². The van der Waals surface area contributed by atoms with Crippen LogP contribution in [0.25, 0.3) is 0 Å². The molecule has 0 aromatic heterocycles. The first-order valence-electron chi connectivity index (χ1n) is 5.32. The first kappa shape index (κ1) is 11.7. The molecule has 0 N–H and O–H groups in total. The van der Waals surface area contributed by atoms with Crippen molar-refractivity contribution in [1.82, 2.24) is 0 Å². The van der Waals surface area contributed by atoms with Crippen molar-refractivity contribution in [2.45, 2.75) is 53.9 Å². The maximum atomic E-state index is 2.36. The van der Waals surface area contributed by atoms with Crippen LogP contribution in [0.3, 0.4) is 0 Å². The molecule has 0 radical (unpaired) electrons. The van der Waals surface area contributed by atoms with E-state index in [2.05, 4.69) is 40.7 Å². The van der Waals surface area contributed by atoms with Gasteiger partial charge in [0.05, 0.1) is 0 Å². The zero-order chi connectivity index (χ0) is 9.56. The van der Waals surface area contributed by atoms with Gasteiger partial charge in [0.15, 0.2) is 0 Å². The molecule has 2 atom stereocenters. The summed E-state index contributed by atoms with van der Waals surface area (Å²) in [5.74, 6) is 1.61. The number of rotatable bonds is 5. The van der Waals surface area contributed by atoms with E-state index in [0.29, 0.717) is 0 Å². The number of allylic oxidation sites excluding steroid dienone is 2. The number of hydrogen-bond donors (Lipinski definition) is 0. The third kappa shape index (κ3) is 3.42. The smallest absolute Gasteiger partial charge is 0.0206 e. The van der Waals surface area contributed by atoms with E-state index < -0.39 is 0 Å². The average molecular weight is 168 g/mol. The van der Waals surface area contributed by atoms with E-state index in [1.165, 1.54) is 19.3 Å². The highest BCUT2D eigenvalue weighted by atomic mass is 14.2. The molecule has 0 saturated heterocycles. The highest BCUT2D eigenvalue weighted by Gasteiger charge is 2.13. The molecule has 0 heterocycles. The lowest BCUT2D eigenvalue weighted by Gasteiger charge is -2.21. The van der Waals surface area contributed by atoms with Crippen LogP contribution in [0.1, 0.15) is 53.9 Å². The van der Waals surface area contributed by atoms with Crippen molar-refractivity contribution in [3.05, 3.63) is 11.6 Å². The molecule has 0 saturated carbocycles. The minimum absolute atomic E-state index is 0.778. The molecule has 2 unspecified atom stereocenters. The Kier molecular flexibility index (Phi) is 6.14. The molecular weight excluding hydrogens is 144 g/mol. The summed E-state index contributed by atoms with van der Waals surface area (Å²) >= 11 is 0. The predicted molar refractivity (Wildman–Crippen MR) is 57.3 cm³/mol. The van der Waals surface area contributed by atoms with Gasteiger partial charge in [0.25, 0.3) is 0 Å². The summed E-state index contributed by atoms with van der Waals surface area (Å²) in [6, 6.07) is 0. The molecule has 0 amide bonds. The molecule has 0 aromatic rings. The minimum Gasteiger partial charge on any atom is -0.0882 e. The van der Waals surface area contributed by atoms with Gasteiger partial charge in [0, 0.05) is 0 Å². The molecule has 0 heteroatoms. The summed E-state index contributed by atoms with van der Waals surface area (Å²) in [5, 5.41) is 0. The van der Waals surface area contributed by atoms with Crippen LogP contribution in [0.4, 0.5) is 0 Å². The quantitative estimate of drug-likeness (QED) is 0.533. The summed E-state index contributed by atoms with van der Waals surface area (Å²) in [4.78, 5) is 0. The van der Waals surface area contributed by atoms with Crippen LogP contribution < -0.4 is 0 Å². The molecule has 0 aliphatic heterocycles. The average Bonchev–Trinajstić information content (AvgIpc) is 2.11. The van der Waals surface area contributed by atoms with Crippen molar-refractivity contribution in [3.8, 4) is 0 Å². The van der Waals surface area contributed by atoms with Gasteiger partial charge in [0.1, 0.15) is 0 Å². The molecule has 0 rings (SSSR count). The van der Waals surface area contributed by atoms with Crippen molar-refractivity contribution in [3.63, 3.8) is 0 Å². The topological polar surface area (TPSA) is 0 Å². The maximum Gasteiger partial charge on any atom is -0.0206 e. The summed E-state index contributed by atoms with van der Waals surface area (Å²) in [7, 11) is 0.